The molecule has 0 unspecified atom stereocenters. The number of rotatable bonds is 2. The molecule has 2 rings (SSSR count). The highest BCUT2D eigenvalue weighted by Crippen LogP contribution is 2.24. The van der Waals surface area contributed by atoms with Crippen molar-refractivity contribution in [3.05, 3.63) is 21.9 Å². The highest BCUT2D eigenvalue weighted by Gasteiger charge is 2.21. The highest BCUT2D eigenvalue weighted by atomic mass is 79.9. The van der Waals surface area contributed by atoms with Crippen LogP contribution in [0.25, 0.3) is 0 Å². The number of carbonyl (C=O) groups is 1. The van der Waals surface area contributed by atoms with E-state index in [-0.39, 0.29) is 11.8 Å². The average molecular weight is 319 g/mol. The topological polar surface area (TPSA) is 54.0 Å². The van der Waals surface area contributed by atoms with Crippen LogP contribution in [0.3, 0.4) is 0 Å². The zero-order valence-corrected chi connectivity index (χ0v) is 11.5. The van der Waals surface area contributed by atoms with E-state index in [1.165, 1.54) is 0 Å². The Kier molecular flexibility index (Phi) is 4.36. The molecule has 1 aromatic rings. The Morgan fingerprint density at radius 3 is 3.18 bits per heavy atom. The maximum absolute atomic E-state index is 12.0. The summed E-state index contributed by atoms with van der Waals surface area (Å²) in [6.45, 7) is 1.72. The molecule has 0 aliphatic carbocycles. The van der Waals surface area contributed by atoms with Gasteiger partial charge in [0.05, 0.1) is 11.6 Å². The van der Waals surface area contributed by atoms with Crippen molar-refractivity contribution in [2.75, 3.05) is 18.4 Å². The maximum Gasteiger partial charge on any atom is 0.228 e. The molecule has 1 aliphatic rings. The number of hydrogen-bond donors (Lipinski definition) is 2. The number of amides is 1. The maximum atomic E-state index is 12.0. The molecule has 0 bridgehead atoms. The molecule has 4 nitrogen and oxygen atoms in total. The van der Waals surface area contributed by atoms with E-state index in [9.17, 15) is 4.79 Å². The van der Waals surface area contributed by atoms with Gasteiger partial charge in [-0.15, -0.1) is 0 Å². The largest absolute Gasteiger partial charge is 0.323 e. The lowest BCUT2D eigenvalue weighted by molar-refractivity contribution is -0.120. The number of anilines is 1. The van der Waals surface area contributed by atoms with Gasteiger partial charge in [-0.1, -0.05) is 11.6 Å². The summed E-state index contributed by atoms with van der Waals surface area (Å²) in [7, 11) is 0. The zero-order valence-electron chi connectivity index (χ0n) is 9.17. The minimum absolute atomic E-state index is 0.000926. The molecule has 1 aliphatic heterocycles. The van der Waals surface area contributed by atoms with Gasteiger partial charge in [-0.3, -0.25) is 4.79 Å². The van der Waals surface area contributed by atoms with Crippen LogP contribution in [0.1, 0.15) is 12.8 Å². The van der Waals surface area contributed by atoms with Gasteiger partial charge in [-0.25, -0.2) is 4.98 Å². The fourth-order valence-corrected chi connectivity index (χ4v) is 2.30. The second-order valence-corrected chi connectivity index (χ2v) is 5.30. The first-order valence-electron chi connectivity index (χ1n) is 5.49. The van der Waals surface area contributed by atoms with Gasteiger partial charge in [-0.05, 0) is 41.4 Å². The number of piperidine rings is 1. The summed E-state index contributed by atoms with van der Waals surface area (Å²) < 4.78 is 0.791. The smallest absolute Gasteiger partial charge is 0.228 e. The Morgan fingerprint density at radius 1 is 1.65 bits per heavy atom. The molecule has 1 amide bonds. The summed E-state index contributed by atoms with van der Waals surface area (Å²) in [6.07, 6.45) is 3.54. The van der Waals surface area contributed by atoms with E-state index in [4.69, 9.17) is 11.6 Å². The number of nitrogens with one attached hydrogen (secondary N) is 2. The van der Waals surface area contributed by atoms with E-state index >= 15 is 0 Å². The molecule has 2 heterocycles. The Bertz CT molecular complexity index is 421. The van der Waals surface area contributed by atoms with Crippen molar-refractivity contribution in [2.45, 2.75) is 12.8 Å². The molecule has 0 saturated carbocycles. The number of halogens is 2. The van der Waals surface area contributed by atoms with Crippen LogP contribution in [0.2, 0.25) is 5.15 Å². The summed E-state index contributed by atoms with van der Waals surface area (Å²) in [5.74, 6) is 0.0119. The van der Waals surface area contributed by atoms with Gasteiger partial charge in [-0.2, -0.15) is 0 Å². The predicted molar refractivity (Wildman–Crippen MR) is 71.2 cm³/mol. The molecule has 1 atom stereocenters. The van der Waals surface area contributed by atoms with Gasteiger partial charge >= 0.3 is 0 Å². The van der Waals surface area contributed by atoms with Gasteiger partial charge < -0.3 is 10.6 Å². The second-order valence-electron chi connectivity index (χ2n) is 4.02. The lowest BCUT2D eigenvalue weighted by Gasteiger charge is -2.22. The van der Waals surface area contributed by atoms with Crippen LogP contribution in [0, 0.1) is 5.92 Å². The van der Waals surface area contributed by atoms with Crippen LogP contribution in [-0.2, 0) is 4.79 Å². The predicted octanol–water partition coefficient (Wildman–Crippen LogP) is 2.44. The molecule has 0 spiro atoms. The van der Waals surface area contributed by atoms with Gasteiger partial charge in [0, 0.05) is 17.2 Å². The average Bonchev–Trinajstić information content (AvgIpc) is 2.35. The molecule has 1 fully saturated rings. The molecule has 1 aromatic heterocycles. The Morgan fingerprint density at radius 2 is 2.47 bits per heavy atom. The van der Waals surface area contributed by atoms with Crippen molar-refractivity contribution in [1.29, 1.82) is 0 Å². The van der Waals surface area contributed by atoms with Crippen LogP contribution in [0.4, 0.5) is 5.69 Å². The molecular formula is C11H13BrClN3O. The lowest BCUT2D eigenvalue weighted by Crippen LogP contribution is -2.37. The summed E-state index contributed by atoms with van der Waals surface area (Å²) in [5, 5.41) is 6.34. The minimum Gasteiger partial charge on any atom is -0.323 e. The normalized spacial score (nSPS) is 20.0. The third-order valence-electron chi connectivity index (χ3n) is 2.73. The lowest BCUT2D eigenvalue weighted by atomic mass is 9.99. The summed E-state index contributed by atoms with van der Waals surface area (Å²) in [6, 6.07) is 1.75. The molecule has 6 heteroatoms. The highest BCUT2D eigenvalue weighted by molar-refractivity contribution is 9.10. The standard InChI is InChI=1S/C11H13BrClN3O/c12-8-4-9(10(13)15-6-8)16-11(17)7-2-1-3-14-5-7/h4,6-7,14H,1-3,5H2,(H,16,17)/t7-/m1/s1. The van der Waals surface area contributed by atoms with Crippen molar-refractivity contribution < 1.29 is 4.79 Å². The minimum atomic E-state index is -0.000926. The number of carbonyl (C=O) groups excluding carboxylic acids is 1. The van der Waals surface area contributed by atoms with E-state index in [0.717, 1.165) is 30.4 Å². The molecule has 1 saturated heterocycles. The van der Waals surface area contributed by atoms with Crippen LogP contribution in [0.15, 0.2) is 16.7 Å². The third kappa shape index (κ3) is 3.40. The van der Waals surface area contributed by atoms with Crippen LogP contribution in [0.5, 0.6) is 0 Å². The Hall–Kier alpha value is -0.650. The monoisotopic (exact) mass is 317 g/mol. The molecule has 2 N–H and O–H groups in total. The van der Waals surface area contributed by atoms with Crippen molar-refractivity contribution >= 4 is 39.1 Å². The molecule has 92 valence electrons. The number of nitrogens with zero attached hydrogens (tertiary/aromatic N) is 1. The van der Waals surface area contributed by atoms with E-state index < -0.39 is 0 Å². The first kappa shape index (κ1) is 12.8. The van der Waals surface area contributed by atoms with Crippen molar-refractivity contribution in [1.82, 2.24) is 10.3 Å². The number of pyridine rings is 1. The Balaban J connectivity index is 2.04. The van der Waals surface area contributed by atoms with Crippen LogP contribution >= 0.6 is 27.5 Å². The van der Waals surface area contributed by atoms with Crippen molar-refractivity contribution in [3.63, 3.8) is 0 Å². The van der Waals surface area contributed by atoms with E-state index in [1.807, 2.05) is 0 Å². The van der Waals surface area contributed by atoms with E-state index in [0.29, 0.717) is 10.8 Å². The zero-order chi connectivity index (χ0) is 12.3. The second kappa shape index (κ2) is 5.80. The first-order valence-corrected chi connectivity index (χ1v) is 6.66. The molecule has 17 heavy (non-hydrogen) atoms. The first-order chi connectivity index (χ1) is 8.16. The van der Waals surface area contributed by atoms with Crippen molar-refractivity contribution in [2.24, 2.45) is 5.92 Å². The van der Waals surface area contributed by atoms with E-state index in [1.54, 1.807) is 12.3 Å². The van der Waals surface area contributed by atoms with Crippen molar-refractivity contribution in [3.8, 4) is 0 Å². The van der Waals surface area contributed by atoms with E-state index in [2.05, 4.69) is 31.5 Å². The third-order valence-corrected chi connectivity index (χ3v) is 3.47. The van der Waals surface area contributed by atoms with Gasteiger partial charge in [0.25, 0.3) is 0 Å². The molecule has 0 radical (unpaired) electrons. The SMILES string of the molecule is O=C(Nc1cc(Br)cnc1Cl)[C@@H]1CCCNC1. The van der Waals surface area contributed by atoms with Gasteiger partial charge in [0.15, 0.2) is 5.15 Å². The molecule has 0 aromatic carbocycles. The van der Waals surface area contributed by atoms with Crippen LogP contribution in [-0.4, -0.2) is 24.0 Å². The summed E-state index contributed by atoms with van der Waals surface area (Å²) >= 11 is 9.21. The number of hydrogen-bond acceptors (Lipinski definition) is 3. The Labute approximate surface area is 113 Å². The molecular weight excluding hydrogens is 305 g/mol. The fourth-order valence-electron chi connectivity index (χ4n) is 1.82. The van der Waals surface area contributed by atoms with Gasteiger partial charge in [0.2, 0.25) is 5.91 Å². The summed E-state index contributed by atoms with van der Waals surface area (Å²) in [4.78, 5) is 15.9. The quantitative estimate of drug-likeness (QED) is 0.824. The van der Waals surface area contributed by atoms with Crippen LogP contribution < -0.4 is 10.6 Å². The van der Waals surface area contributed by atoms with Gasteiger partial charge in [0.1, 0.15) is 0 Å². The summed E-state index contributed by atoms with van der Waals surface area (Å²) in [5.41, 5.74) is 0.552. The fraction of sp³-hybridized carbons (Fsp3) is 0.455. The number of aromatic nitrogens is 1.